The predicted octanol–water partition coefficient (Wildman–Crippen LogP) is -1.55. The number of nitrogens with one attached hydrogen (secondary N) is 1. The Morgan fingerprint density at radius 1 is 1.39 bits per heavy atom. The zero-order valence-electron chi connectivity index (χ0n) is 11.5. The van der Waals surface area contributed by atoms with Crippen LogP contribution in [0.1, 0.15) is 6.23 Å². The van der Waals surface area contributed by atoms with Gasteiger partial charge in [-0.05, 0) is 6.07 Å². The van der Waals surface area contributed by atoms with Gasteiger partial charge in [-0.3, -0.25) is 9.32 Å². The Labute approximate surface area is 128 Å². The van der Waals surface area contributed by atoms with Crippen LogP contribution in [0.2, 0.25) is 0 Å². The fourth-order valence-corrected chi connectivity index (χ4v) is 2.80. The van der Waals surface area contributed by atoms with Crippen molar-refractivity contribution >= 4 is 18.9 Å². The van der Waals surface area contributed by atoms with Crippen molar-refractivity contribution < 1.29 is 33.8 Å². The van der Waals surface area contributed by atoms with Crippen LogP contribution in [-0.2, 0) is 13.8 Å². The van der Waals surface area contributed by atoms with Gasteiger partial charge in [-0.1, -0.05) is 0 Å². The van der Waals surface area contributed by atoms with E-state index in [0.717, 1.165) is 0 Å². The maximum Gasteiger partial charge on any atom is 0.469 e. The van der Waals surface area contributed by atoms with Gasteiger partial charge in [0, 0.05) is 6.20 Å². The van der Waals surface area contributed by atoms with E-state index in [1.54, 1.807) is 0 Å². The molecule has 126 valence electrons. The van der Waals surface area contributed by atoms with E-state index in [0.29, 0.717) is 0 Å². The Morgan fingerprint density at radius 2 is 2.13 bits per heavy atom. The predicted molar refractivity (Wildman–Crippen MR) is 74.3 cm³/mol. The van der Waals surface area contributed by atoms with E-state index in [1.807, 2.05) is 0 Å². The van der Waals surface area contributed by atoms with Gasteiger partial charge < -0.3 is 34.3 Å². The van der Waals surface area contributed by atoms with Crippen molar-refractivity contribution in [2.24, 2.45) is 0 Å². The molecule has 1 aliphatic rings. The average molecular weight is 347 g/mol. The van der Waals surface area contributed by atoms with E-state index in [4.69, 9.17) is 14.5 Å². The van der Waals surface area contributed by atoms with E-state index in [9.17, 15) is 19.6 Å². The van der Waals surface area contributed by atoms with Gasteiger partial charge in [0.1, 0.15) is 24.0 Å². The van der Waals surface area contributed by atoms with Gasteiger partial charge >= 0.3 is 7.82 Å². The average Bonchev–Trinajstić information content (AvgIpc) is 3.01. The molecule has 0 unspecified atom stereocenters. The molecule has 1 aliphatic heterocycles. The fourth-order valence-electron chi connectivity index (χ4n) is 2.45. The van der Waals surface area contributed by atoms with Crippen LogP contribution in [0.15, 0.2) is 23.4 Å². The maximum atomic E-state index is 11.7. The number of ether oxygens (including phenoxy) is 1. The molecule has 0 amide bonds. The Bertz CT molecular complexity index is 813. The van der Waals surface area contributed by atoms with Gasteiger partial charge in [0.2, 0.25) is 0 Å². The third-order valence-corrected chi connectivity index (χ3v) is 4.02. The lowest BCUT2D eigenvalue weighted by atomic mass is 10.1. The summed E-state index contributed by atoms with van der Waals surface area (Å²) in [7, 11) is -4.73. The molecule has 0 bridgehead atoms. The number of hydrogen-bond acceptors (Lipinski definition) is 7. The molecular weight excluding hydrogens is 333 g/mol. The lowest BCUT2D eigenvalue weighted by Gasteiger charge is -2.17. The van der Waals surface area contributed by atoms with Crippen molar-refractivity contribution in [3.05, 3.63) is 28.9 Å². The van der Waals surface area contributed by atoms with E-state index < -0.39 is 39.0 Å². The molecule has 4 atom stereocenters. The van der Waals surface area contributed by atoms with Gasteiger partial charge in [0.05, 0.1) is 18.3 Å². The summed E-state index contributed by atoms with van der Waals surface area (Å²) < 4.78 is 21.8. The zero-order chi connectivity index (χ0) is 16.8. The summed E-state index contributed by atoms with van der Waals surface area (Å²) in [5.74, 6) is 0. The lowest BCUT2D eigenvalue weighted by Crippen LogP contribution is -2.33. The minimum Gasteiger partial charge on any atom is -0.387 e. The molecule has 0 radical (unpaired) electrons. The molecular formula is C11H14N3O8P. The number of aliphatic hydroxyl groups excluding tert-OH is 2. The number of aromatic nitrogens is 3. The topological polar surface area (TPSA) is 167 Å². The molecule has 1 saturated heterocycles. The summed E-state index contributed by atoms with van der Waals surface area (Å²) >= 11 is 0. The summed E-state index contributed by atoms with van der Waals surface area (Å²) in [5.41, 5.74) is -0.135. The lowest BCUT2D eigenvalue weighted by molar-refractivity contribution is -0.0501. The normalized spacial score (nSPS) is 28.5. The monoisotopic (exact) mass is 347 g/mol. The van der Waals surface area contributed by atoms with Gasteiger partial charge in [-0.25, -0.2) is 9.55 Å². The molecule has 1 fully saturated rings. The number of rotatable bonds is 4. The van der Waals surface area contributed by atoms with Crippen LogP contribution in [-0.4, -0.2) is 59.5 Å². The first kappa shape index (κ1) is 16.3. The Kier molecular flexibility index (Phi) is 4.10. The van der Waals surface area contributed by atoms with Crippen LogP contribution in [0.5, 0.6) is 0 Å². The van der Waals surface area contributed by atoms with Gasteiger partial charge in [-0.2, -0.15) is 0 Å². The number of nitrogens with zero attached hydrogens (tertiary/aromatic N) is 2. The molecule has 0 spiro atoms. The first-order chi connectivity index (χ1) is 10.8. The van der Waals surface area contributed by atoms with Crippen molar-refractivity contribution in [2.75, 3.05) is 6.61 Å². The Morgan fingerprint density at radius 3 is 2.83 bits per heavy atom. The van der Waals surface area contributed by atoms with Crippen LogP contribution in [0.4, 0.5) is 0 Å². The largest absolute Gasteiger partial charge is 0.469 e. The molecule has 2 aromatic heterocycles. The van der Waals surface area contributed by atoms with Crippen molar-refractivity contribution in [3.8, 4) is 0 Å². The second-order valence-corrected chi connectivity index (χ2v) is 6.26. The summed E-state index contributed by atoms with van der Waals surface area (Å²) in [6.45, 7) is -0.605. The number of H-pyrrole nitrogens is 1. The fraction of sp³-hybridized carbons (Fsp3) is 0.455. The zero-order valence-corrected chi connectivity index (χ0v) is 12.4. The van der Waals surface area contributed by atoms with Crippen molar-refractivity contribution in [3.63, 3.8) is 0 Å². The highest BCUT2D eigenvalue weighted by atomic mass is 31.2. The van der Waals surface area contributed by atoms with Crippen molar-refractivity contribution in [1.29, 1.82) is 0 Å². The maximum absolute atomic E-state index is 11.7. The van der Waals surface area contributed by atoms with Gasteiger partial charge in [0.15, 0.2) is 6.23 Å². The first-order valence-corrected chi connectivity index (χ1v) is 8.07. The first-order valence-electron chi connectivity index (χ1n) is 6.54. The molecule has 12 heteroatoms. The molecule has 2 aromatic rings. The number of aliphatic hydroxyl groups is 2. The quantitative estimate of drug-likeness (QED) is 0.411. The van der Waals surface area contributed by atoms with Crippen LogP contribution in [0.25, 0.3) is 11.0 Å². The molecule has 23 heavy (non-hydrogen) atoms. The summed E-state index contributed by atoms with van der Waals surface area (Å²) in [6, 6.07) is 1.48. The van der Waals surface area contributed by atoms with Gasteiger partial charge in [0.25, 0.3) is 5.56 Å². The number of aromatic amines is 1. The number of hydrogen-bond donors (Lipinski definition) is 5. The smallest absolute Gasteiger partial charge is 0.387 e. The van der Waals surface area contributed by atoms with Crippen molar-refractivity contribution in [2.45, 2.75) is 24.5 Å². The minimum absolute atomic E-state index is 0.238. The summed E-state index contributed by atoms with van der Waals surface area (Å²) in [6.07, 6.45) is -2.40. The summed E-state index contributed by atoms with van der Waals surface area (Å²) in [5, 5.41) is 20.3. The van der Waals surface area contributed by atoms with Crippen LogP contribution < -0.4 is 5.56 Å². The van der Waals surface area contributed by atoms with E-state index in [2.05, 4.69) is 14.5 Å². The van der Waals surface area contributed by atoms with Crippen molar-refractivity contribution in [1.82, 2.24) is 14.5 Å². The standard InChI is InChI=1S/C11H14N3O8P/c15-7-6(3-21-23(18,19)20)22-11(8(7)16)14-2-1-5-9(14)12-4-13-10(5)17/h1-2,4,6-8,11,15-16H,3H2,(H,12,13,17)(H2,18,19,20)/t6-,7-,8-,11-/m1/s1. The highest BCUT2D eigenvalue weighted by molar-refractivity contribution is 7.46. The van der Waals surface area contributed by atoms with Crippen LogP contribution >= 0.6 is 7.82 Å². The van der Waals surface area contributed by atoms with Crippen LogP contribution in [0.3, 0.4) is 0 Å². The second kappa shape index (κ2) is 5.80. The third kappa shape index (κ3) is 3.08. The molecule has 11 nitrogen and oxygen atoms in total. The molecule has 3 heterocycles. The Hall–Kier alpha value is -1.59. The number of phosphoric ester groups is 1. The molecule has 0 aromatic carbocycles. The minimum atomic E-state index is -4.73. The van der Waals surface area contributed by atoms with E-state index in [-0.39, 0.29) is 16.6 Å². The highest BCUT2D eigenvalue weighted by Crippen LogP contribution is 2.38. The highest BCUT2D eigenvalue weighted by Gasteiger charge is 2.44. The SMILES string of the molecule is O=c1[nH]cnc2c1ccn2[C@@H]1O[C@H](COP(=O)(O)O)[C@@H](O)[C@H]1O. The van der Waals surface area contributed by atoms with E-state index >= 15 is 0 Å². The number of phosphoric acid groups is 1. The number of fused-ring (bicyclic) bond motifs is 1. The van der Waals surface area contributed by atoms with Gasteiger partial charge in [-0.15, -0.1) is 0 Å². The Balaban J connectivity index is 1.87. The molecule has 0 saturated carbocycles. The second-order valence-electron chi connectivity index (χ2n) is 5.02. The third-order valence-electron chi connectivity index (χ3n) is 3.53. The molecule has 3 rings (SSSR count). The summed E-state index contributed by atoms with van der Waals surface area (Å²) in [4.78, 5) is 35.4. The van der Waals surface area contributed by atoms with Crippen LogP contribution in [0, 0.1) is 0 Å². The molecule has 0 aliphatic carbocycles. The molecule has 5 N–H and O–H groups in total. The van der Waals surface area contributed by atoms with E-state index in [1.165, 1.54) is 23.2 Å².